The smallest absolute Gasteiger partial charge is 0.407 e. The lowest BCUT2D eigenvalue weighted by molar-refractivity contribution is -0.150. The molecule has 0 aromatic carbocycles. The quantitative estimate of drug-likeness (QED) is 0.770. The van der Waals surface area contributed by atoms with Gasteiger partial charge in [0.25, 0.3) is 0 Å². The predicted molar refractivity (Wildman–Crippen MR) is 73.1 cm³/mol. The number of amides is 1. The van der Waals surface area contributed by atoms with E-state index < -0.39 is 23.8 Å². The van der Waals surface area contributed by atoms with E-state index in [0.29, 0.717) is 25.9 Å². The lowest BCUT2D eigenvalue weighted by Crippen LogP contribution is -2.49. The first-order chi connectivity index (χ1) is 9.23. The lowest BCUT2D eigenvalue weighted by atomic mass is 9.84. The van der Waals surface area contributed by atoms with Crippen LogP contribution in [0.15, 0.2) is 0 Å². The molecule has 1 amide bonds. The van der Waals surface area contributed by atoms with Crippen LogP contribution in [-0.2, 0) is 14.3 Å². The molecule has 1 aliphatic carbocycles. The van der Waals surface area contributed by atoms with Gasteiger partial charge in [0, 0.05) is 0 Å². The molecule has 1 fully saturated rings. The van der Waals surface area contributed by atoms with Crippen LogP contribution in [0.4, 0.5) is 4.79 Å². The van der Waals surface area contributed by atoms with Crippen LogP contribution in [0, 0.1) is 5.92 Å². The maximum Gasteiger partial charge on any atom is 0.407 e. The van der Waals surface area contributed by atoms with Gasteiger partial charge in [-0.2, -0.15) is 0 Å². The lowest BCUT2D eigenvalue weighted by Gasteiger charge is -2.33. The number of aliphatic hydroxyl groups excluding tert-OH is 1. The summed E-state index contributed by atoms with van der Waals surface area (Å²) < 4.78 is 10.1. The fourth-order valence-electron chi connectivity index (χ4n) is 2.24. The number of nitrogens with one attached hydrogen (secondary N) is 1. The van der Waals surface area contributed by atoms with Crippen molar-refractivity contribution in [1.82, 2.24) is 5.32 Å². The highest BCUT2D eigenvalue weighted by Crippen LogP contribution is 2.26. The molecule has 0 aromatic heterocycles. The molecule has 3 atom stereocenters. The monoisotopic (exact) mass is 287 g/mol. The minimum Gasteiger partial charge on any atom is -0.466 e. The summed E-state index contributed by atoms with van der Waals surface area (Å²) in [6.07, 6.45) is 0.176. The summed E-state index contributed by atoms with van der Waals surface area (Å²) in [5.41, 5.74) is -0.593. The van der Waals surface area contributed by atoms with E-state index in [2.05, 4.69) is 5.32 Å². The Morgan fingerprint density at radius 2 is 1.95 bits per heavy atom. The molecule has 1 rings (SSSR count). The van der Waals surface area contributed by atoms with Crippen LogP contribution in [0.3, 0.4) is 0 Å². The van der Waals surface area contributed by atoms with E-state index in [9.17, 15) is 14.7 Å². The van der Waals surface area contributed by atoms with Crippen LogP contribution in [0.25, 0.3) is 0 Å². The average molecular weight is 287 g/mol. The van der Waals surface area contributed by atoms with Crippen LogP contribution in [-0.4, -0.2) is 41.5 Å². The van der Waals surface area contributed by atoms with Crippen molar-refractivity contribution in [2.45, 2.75) is 64.7 Å². The van der Waals surface area contributed by atoms with Crippen LogP contribution >= 0.6 is 0 Å². The number of aliphatic hydroxyl groups is 1. The predicted octanol–water partition coefficient (Wildman–Crippen LogP) is 1.60. The van der Waals surface area contributed by atoms with Gasteiger partial charge in [0.1, 0.15) is 5.60 Å². The largest absolute Gasteiger partial charge is 0.466 e. The van der Waals surface area contributed by atoms with Gasteiger partial charge in [-0.25, -0.2) is 4.79 Å². The maximum atomic E-state index is 11.7. The fourth-order valence-corrected chi connectivity index (χ4v) is 2.24. The van der Waals surface area contributed by atoms with Crippen molar-refractivity contribution in [2.24, 2.45) is 5.92 Å². The Labute approximate surface area is 119 Å². The van der Waals surface area contributed by atoms with E-state index in [4.69, 9.17) is 9.47 Å². The van der Waals surface area contributed by atoms with Crippen molar-refractivity contribution in [2.75, 3.05) is 6.61 Å². The second-order valence-corrected chi connectivity index (χ2v) is 6.08. The molecule has 0 spiro atoms. The van der Waals surface area contributed by atoms with Gasteiger partial charge in [0.2, 0.25) is 0 Å². The van der Waals surface area contributed by atoms with E-state index in [0.717, 1.165) is 0 Å². The summed E-state index contributed by atoms with van der Waals surface area (Å²) in [7, 11) is 0. The minimum atomic E-state index is -0.659. The van der Waals surface area contributed by atoms with E-state index in [-0.39, 0.29) is 11.9 Å². The number of carbonyl (C=O) groups excluding carboxylic acids is 2. The number of carbonyl (C=O) groups is 2. The van der Waals surface area contributed by atoms with Gasteiger partial charge in [-0.15, -0.1) is 0 Å². The number of hydrogen-bond donors (Lipinski definition) is 2. The molecule has 6 heteroatoms. The number of ether oxygens (including phenoxy) is 2. The minimum absolute atomic E-state index is 0.268. The Hall–Kier alpha value is -1.30. The molecule has 116 valence electrons. The van der Waals surface area contributed by atoms with Gasteiger partial charge < -0.3 is 19.9 Å². The molecular weight excluding hydrogens is 262 g/mol. The molecule has 0 aromatic rings. The first-order valence-corrected chi connectivity index (χ1v) is 7.07. The maximum absolute atomic E-state index is 11.7. The van der Waals surface area contributed by atoms with Gasteiger partial charge in [-0.05, 0) is 47.0 Å². The molecule has 0 saturated heterocycles. The Morgan fingerprint density at radius 1 is 1.30 bits per heavy atom. The van der Waals surface area contributed by atoms with E-state index in [1.54, 1.807) is 27.7 Å². The SMILES string of the molecule is CCOC(=O)[C@@H]1CC[C@@H](O)[C@@H](NC(=O)OC(C)(C)C)C1. The first-order valence-electron chi connectivity index (χ1n) is 7.07. The zero-order chi connectivity index (χ0) is 15.3. The highest BCUT2D eigenvalue weighted by molar-refractivity contribution is 5.73. The summed E-state index contributed by atoms with van der Waals surface area (Å²) in [5.74, 6) is -0.548. The van der Waals surface area contributed by atoms with Gasteiger partial charge in [0.05, 0.1) is 24.7 Å². The molecule has 0 heterocycles. The molecule has 0 radical (unpaired) electrons. The van der Waals surface area contributed by atoms with Gasteiger partial charge in [-0.1, -0.05) is 0 Å². The van der Waals surface area contributed by atoms with Gasteiger partial charge in [-0.3, -0.25) is 4.79 Å². The topological polar surface area (TPSA) is 84.9 Å². The Kier molecular flexibility index (Phi) is 5.80. The Balaban J connectivity index is 2.54. The number of rotatable bonds is 3. The number of esters is 1. The van der Waals surface area contributed by atoms with Crippen molar-refractivity contribution >= 4 is 12.1 Å². The normalized spacial score (nSPS) is 26.8. The molecule has 0 bridgehead atoms. The molecule has 20 heavy (non-hydrogen) atoms. The fraction of sp³-hybridized carbons (Fsp3) is 0.857. The van der Waals surface area contributed by atoms with E-state index >= 15 is 0 Å². The average Bonchev–Trinajstić information content (AvgIpc) is 2.29. The Morgan fingerprint density at radius 3 is 2.50 bits per heavy atom. The molecular formula is C14H25NO5. The molecule has 2 N–H and O–H groups in total. The van der Waals surface area contributed by atoms with E-state index in [1.807, 2.05) is 0 Å². The Bertz CT molecular complexity index is 350. The summed E-state index contributed by atoms with van der Waals surface area (Å²) >= 11 is 0. The number of hydrogen-bond acceptors (Lipinski definition) is 5. The molecule has 0 unspecified atom stereocenters. The van der Waals surface area contributed by atoms with Crippen LogP contribution in [0.1, 0.15) is 47.0 Å². The standard InChI is InChI=1S/C14H25NO5/c1-5-19-12(17)9-6-7-11(16)10(8-9)15-13(18)20-14(2,3)4/h9-11,16H,5-8H2,1-4H3,(H,15,18)/t9-,10+,11-/m1/s1. The van der Waals surface area contributed by atoms with Crippen molar-refractivity contribution < 1.29 is 24.2 Å². The zero-order valence-electron chi connectivity index (χ0n) is 12.6. The van der Waals surface area contributed by atoms with Crippen molar-refractivity contribution in [3.05, 3.63) is 0 Å². The van der Waals surface area contributed by atoms with Gasteiger partial charge in [0.15, 0.2) is 0 Å². The number of alkyl carbamates (subject to hydrolysis) is 1. The van der Waals surface area contributed by atoms with Crippen molar-refractivity contribution in [3.8, 4) is 0 Å². The van der Waals surface area contributed by atoms with Crippen LogP contribution in [0.2, 0.25) is 0 Å². The highest BCUT2D eigenvalue weighted by atomic mass is 16.6. The van der Waals surface area contributed by atoms with Crippen LogP contribution in [0.5, 0.6) is 0 Å². The van der Waals surface area contributed by atoms with E-state index in [1.165, 1.54) is 0 Å². The second kappa shape index (κ2) is 6.92. The van der Waals surface area contributed by atoms with Crippen LogP contribution < -0.4 is 5.32 Å². The third-order valence-electron chi connectivity index (χ3n) is 3.14. The summed E-state index contributed by atoms with van der Waals surface area (Å²) in [6, 6.07) is -0.479. The molecule has 1 aliphatic rings. The summed E-state index contributed by atoms with van der Waals surface area (Å²) in [4.78, 5) is 23.4. The first kappa shape index (κ1) is 16.8. The zero-order valence-corrected chi connectivity index (χ0v) is 12.6. The molecule has 1 saturated carbocycles. The molecule has 6 nitrogen and oxygen atoms in total. The van der Waals surface area contributed by atoms with Crippen molar-refractivity contribution in [3.63, 3.8) is 0 Å². The summed E-state index contributed by atoms with van der Waals surface area (Å²) in [5, 5.41) is 12.6. The third-order valence-corrected chi connectivity index (χ3v) is 3.14. The second-order valence-electron chi connectivity index (χ2n) is 6.08. The summed E-state index contributed by atoms with van der Waals surface area (Å²) in [6.45, 7) is 7.40. The molecule has 0 aliphatic heterocycles. The van der Waals surface area contributed by atoms with Gasteiger partial charge >= 0.3 is 12.1 Å². The third kappa shape index (κ3) is 5.36. The highest BCUT2D eigenvalue weighted by Gasteiger charge is 2.35. The van der Waals surface area contributed by atoms with Crippen molar-refractivity contribution in [1.29, 1.82) is 0 Å².